The minimum Gasteiger partial charge on any atom is -0.200 e. The Morgan fingerprint density at radius 2 is 1.71 bits per heavy atom. The fraction of sp³-hybridized carbons (Fsp3) is 0.361. The molecule has 38 heavy (non-hydrogen) atoms. The summed E-state index contributed by atoms with van der Waals surface area (Å²) < 4.78 is 2.38. The summed E-state index contributed by atoms with van der Waals surface area (Å²) in [4.78, 5) is 2.88. The average Bonchev–Trinajstić information content (AvgIpc) is 3.40. The monoisotopic (exact) mass is 516 g/mol. The fourth-order valence-electron chi connectivity index (χ4n) is 7.28. The first-order valence-corrected chi connectivity index (χ1v) is 15.3. The molecule has 0 N–H and O–H groups in total. The normalized spacial score (nSPS) is 15.3. The third-order valence-electron chi connectivity index (χ3n) is 9.11. The van der Waals surface area contributed by atoms with Crippen LogP contribution in [0, 0.1) is 25.7 Å². The molecular formula is C36H38NS+. The average molecular weight is 517 g/mol. The second-order valence-electron chi connectivity index (χ2n) is 12.4. The van der Waals surface area contributed by atoms with Crippen molar-refractivity contribution in [3.05, 3.63) is 77.0 Å². The molecule has 5 aromatic rings. The number of aryl methyl sites for hydroxylation is 3. The predicted molar refractivity (Wildman–Crippen MR) is 163 cm³/mol. The molecule has 192 valence electrons. The van der Waals surface area contributed by atoms with E-state index in [-0.39, 0.29) is 0 Å². The molecule has 0 saturated heterocycles. The maximum absolute atomic E-state index is 2.51. The van der Waals surface area contributed by atoms with Crippen molar-refractivity contribution in [2.24, 2.45) is 18.9 Å². The van der Waals surface area contributed by atoms with Crippen LogP contribution in [0.15, 0.2) is 64.5 Å². The summed E-state index contributed by atoms with van der Waals surface area (Å²) in [6.45, 7) is 9.28. The van der Waals surface area contributed by atoms with Gasteiger partial charge in [-0.2, -0.15) is 0 Å². The van der Waals surface area contributed by atoms with Crippen molar-refractivity contribution in [3.8, 4) is 11.3 Å². The van der Waals surface area contributed by atoms with Crippen LogP contribution in [-0.2, 0) is 19.9 Å². The molecule has 1 aliphatic heterocycles. The van der Waals surface area contributed by atoms with Gasteiger partial charge in [-0.05, 0) is 82.8 Å². The third-order valence-corrected chi connectivity index (χ3v) is 10.3. The molecule has 1 saturated carbocycles. The molecule has 0 radical (unpaired) electrons. The summed E-state index contributed by atoms with van der Waals surface area (Å²) in [6, 6.07) is 19.2. The van der Waals surface area contributed by atoms with Gasteiger partial charge in [-0.15, -0.1) is 0 Å². The van der Waals surface area contributed by atoms with Gasteiger partial charge in [0, 0.05) is 21.2 Å². The zero-order chi connectivity index (χ0) is 26.1. The number of rotatable bonds is 4. The van der Waals surface area contributed by atoms with Crippen molar-refractivity contribution in [1.29, 1.82) is 0 Å². The zero-order valence-corrected chi connectivity index (χ0v) is 24.3. The molecule has 2 heteroatoms. The van der Waals surface area contributed by atoms with E-state index < -0.39 is 0 Å². The van der Waals surface area contributed by atoms with Crippen molar-refractivity contribution >= 4 is 44.1 Å². The van der Waals surface area contributed by atoms with Crippen LogP contribution in [0.25, 0.3) is 43.6 Å². The van der Waals surface area contributed by atoms with Crippen LogP contribution in [0.4, 0.5) is 0 Å². The number of hydrogen-bond acceptors (Lipinski definition) is 1. The minimum absolute atomic E-state index is 0.604. The van der Waals surface area contributed by atoms with Gasteiger partial charge in [0.25, 0.3) is 0 Å². The molecule has 0 amide bonds. The highest BCUT2D eigenvalue weighted by molar-refractivity contribution is 8.00. The lowest BCUT2D eigenvalue weighted by molar-refractivity contribution is -0.659. The standard InChI is InChI=1S/C36H38NS/c1-21(2)16-31-27-13-10-22(3)17-29(27)23(4)33-35-34-28(14-15-37(35)5)30-19-25(18-24-8-6-7-9-24)11-12-26(30)20-32(34)38-36(31)33/h10-15,17,19-21,24H,6-9,16,18H2,1-5H3/q+1. The summed E-state index contributed by atoms with van der Waals surface area (Å²) in [7, 11) is 2.24. The maximum Gasteiger partial charge on any atom is 0.222 e. The summed E-state index contributed by atoms with van der Waals surface area (Å²) in [5, 5.41) is 8.48. The van der Waals surface area contributed by atoms with Crippen molar-refractivity contribution < 1.29 is 4.57 Å². The number of benzene rings is 4. The van der Waals surface area contributed by atoms with Gasteiger partial charge in [-0.25, -0.2) is 4.57 Å². The van der Waals surface area contributed by atoms with Crippen LogP contribution in [-0.4, -0.2) is 0 Å². The number of pyridine rings is 1. The van der Waals surface area contributed by atoms with E-state index in [0.29, 0.717) is 5.92 Å². The smallest absolute Gasteiger partial charge is 0.200 e. The van der Waals surface area contributed by atoms with E-state index in [1.54, 1.807) is 0 Å². The molecule has 4 aromatic carbocycles. The lowest BCUT2D eigenvalue weighted by atomic mass is 9.87. The Hall–Kier alpha value is -2.84. The second-order valence-corrected chi connectivity index (χ2v) is 13.5. The van der Waals surface area contributed by atoms with Gasteiger partial charge in [-0.1, -0.05) is 93.3 Å². The van der Waals surface area contributed by atoms with E-state index >= 15 is 0 Å². The van der Waals surface area contributed by atoms with Crippen molar-refractivity contribution in [2.75, 3.05) is 0 Å². The first-order valence-electron chi connectivity index (χ1n) is 14.5. The molecule has 1 aliphatic carbocycles. The van der Waals surface area contributed by atoms with E-state index in [2.05, 4.69) is 94.0 Å². The SMILES string of the molecule is Cc1ccc2c(CC(C)C)c3c(c(C)c2c1)-c1c2c(cc4ccc(CC5CCCC5)cc4c2cc[n+]1C)S3. The number of aromatic nitrogens is 1. The molecule has 7 rings (SSSR count). The van der Waals surface area contributed by atoms with Crippen LogP contribution in [0.5, 0.6) is 0 Å². The molecule has 1 aromatic heterocycles. The summed E-state index contributed by atoms with van der Waals surface area (Å²) in [6.07, 6.45) is 10.2. The first kappa shape index (κ1) is 24.2. The second kappa shape index (κ2) is 9.12. The van der Waals surface area contributed by atoms with Crippen molar-refractivity contribution in [3.63, 3.8) is 0 Å². The molecule has 0 atom stereocenters. The highest BCUT2D eigenvalue weighted by Crippen LogP contribution is 2.53. The van der Waals surface area contributed by atoms with E-state index in [1.807, 2.05) is 11.8 Å². The van der Waals surface area contributed by atoms with Crippen molar-refractivity contribution in [1.82, 2.24) is 0 Å². The zero-order valence-electron chi connectivity index (χ0n) is 23.4. The lowest BCUT2D eigenvalue weighted by Crippen LogP contribution is -2.32. The molecular weight excluding hydrogens is 478 g/mol. The highest BCUT2D eigenvalue weighted by atomic mass is 32.2. The largest absolute Gasteiger partial charge is 0.222 e. The van der Waals surface area contributed by atoms with Crippen LogP contribution >= 0.6 is 11.8 Å². The predicted octanol–water partition coefficient (Wildman–Crippen LogP) is 9.65. The fourth-order valence-corrected chi connectivity index (χ4v) is 8.67. The van der Waals surface area contributed by atoms with Crippen LogP contribution in [0.1, 0.15) is 61.8 Å². The van der Waals surface area contributed by atoms with Gasteiger partial charge < -0.3 is 0 Å². The van der Waals surface area contributed by atoms with Crippen LogP contribution in [0.2, 0.25) is 0 Å². The molecule has 1 fully saturated rings. The Labute approximate surface area is 231 Å². The summed E-state index contributed by atoms with van der Waals surface area (Å²) >= 11 is 2.02. The van der Waals surface area contributed by atoms with Crippen LogP contribution < -0.4 is 4.57 Å². The lowest BCUT2D eigenvalue weighted by Gasteiger charge is -2.26. The third kappa shape index (κ3) is 3.79. The molecule has 0 bridgehead atoms. The molecule has 0 spiro atoms. The van der Waals surface area contributed by atoms with E-state index in [0.717, 1.165) is 12.3 Å². The molecule has 2 heterocycles. The molecule has 2 aliphatic rings. The summed E-state index contributed by atoms with van der Waals surface area (Å²) in [5.74, 6) is 1.47. The quantitative estimate of drug-likeness (QED) is 0.167. The molecule has 0 unspecified atom stereocenters. The van der Waals surface area contributed by atoms with E-state index in [9.17, 15) is 0 Å². The number of hydrogen-bond donors (Lipinski definition) is 0. The Morgan fingerprint density at radius 1 is 0.895 bits per heavy atom. The maximum atomic E-state index is 2.51. The van der Waals surface area contributed by atoms with Gasteiger partial charge in [0.2, 0.25) is 5.69 Å². The Balaban J connectivity index is 1.53. The van der Waals surface area contributed by atoms with Crippen molar-refractivity contribution in [2.45, 2.75) is 76.0 Å². The van der Waals surface area contributed by atoms with Gasteiger partial charge in [0.05, 0.1) is 10.9 Å². The van der Waals surface area contributed by atoms with Gasteiger partial charge >= 0.3 is 0 Å². The number of fused-ring (bicyclic) bond motifs is 5. The first-order chi connectivity index (χ1) is 18.4. The van der Waals surface area contributed by atoms with Gasteiger partial charge in [-0.3, -0.25) is 0 Å². The van der Waals surface area contributed by atoms with Crippen LogP contribution in [0.3, 0.4) is 0 Å². The highest BCUT2D eigenvalue weighted by Gasteiger charge is 2.32. The summed E-state index contributed by atoms with van der Waals surface area (Å²) in [5.41, 5.74) is 8.63. The Morgan fingerprint density at radius 3 is 2.50 bits per heavy atom. The Bertz CT molecular complexity index is 1750. The van der Waals surface area contributed by atoms with E-state index in [1.165, 1.54) is 108 Å². The van der Waals surface area contributed by atoms with E-state index in [4.69, 9.17) is 0 Å². The number of nitrogens with zero attached hydrogens (tertiary/aromatic N) is 1. The Kier molecular flexibility index (Phi) is 5.82. The minimum atomic E-state index is 0.604. The van der Waals surface area contributed by atoms with Gasteiger partial charge in [0.1, 0.15) is 7.05 Å². The van der Waals surface area contributed by atoms with Gasteiger partial charge in [0.15, 0.2) is 6.20 Å². The topological polar surface area (TPSA) is 3.88 Å². The molecule has 1 nitrogen and oxygen atoms in total.